The highest BCUT2D eigenvalue weighted by Crippen LogP contribution is 2.27. The fourth-order valence-electron chi connectivity index (χ4n) is 3.26. The van der Waals surface area contributed by atoms with Gasteiger partial charge >= 0.3 is 0 Å². The molecule has 2 aromatic heterocycles. The minimum absolute atomic E-state index is 0.0696. The summed E-state index contributed by atoms with van der Waals surface area (Å²) in [6.45, 7) is 0.822. The van der Waals surface area contributed by atoms with Crippen LogP contribution in [0.25, 0.3) is 11.4 Å². The molecular weight excluding hydrogens is 443 g/mol. The van der Waals surface area contributed by atoms with Crippen LogP contribution >= 0.6 is 11.8 Å². The van der Waals surface area contributed by atoms with Crippen molar-refractivity contribution in [2.75, 3.05) is 19.9 Å². The maximum Gasteiger partial charge on any atom is 0.233 e. The number of nitrogens with zero attached hydrogens (tertiary/aromatic N) is 4. The summed E-state index contributed by atoms with van der Waals surface area (Å²) < 4.78 is 25.9. The number of amides is 1. The van der Waals surface area contributed by atoms with Crippen LogP contribution in [-0.2, 0) is 17.9 Å². The Labute approximate surface area is 195 Å². The van der Waals surface area contributed by atoms with Crippen LogP contribution in [0.3, 0.4) is 0 Å². The van der Waals surface area contributed by atoms with Gasteiger partial charge in [-0.2, -0.15) is 0 Å². The Morgan fingerprint density at radius 3 is 2.70 bits per heavy atom. The van der Waals surface area contributed by atoms with Gasteiger partial charge in [0.1, 0.15) is 17.3 Å². The van der Waals surface area contributed by atoms with Crippen molar-refractivity contribution in [3.8, 4) is 17.1 Å². The Hall–Kier alpha value is -3.59. The average molecular weight is 467 g/mol. The quantitative estimate of drug-likeness (QED) is 0.339. The lowest BCUT2D eigenvalue weighted by atomic mass is 10.2. The van der Waals surface area contributed by atoms with Gasteiger partial charge in [0.25, 0.3) is 0 Å². The van der Waals surface area contributed by atoms with Gasteiger partial charge in [-0.25, -0.2) is 4.39 Å². The van der Waals surface area contributed by atoms with E-state index < -0.39 is 0 Å². The first-order chi connectivity index (χ1) is 16.0. The molecule has 0 radical (unpaired) electrons. The first-order valence-corrected chi connectivity index (χ1v) is 11.2. The molecule has 0 bridgehead atoms. The molecule has 9 heteroatoms. The van der Waals surface area contributed by atoms with E-state index in [0.29, 0.717) is 29.8 Å². The molecule has 1 amide bonds. The fraction of sp³-hybridized carbons (Fsp3) is 0.208. The van der Waals surface area contributed by atoms with Crippen LogP contribution in [0.15, 0.2) is 76.5 Å². The molecule has 0 atom stereocenters. The molecule has 0 aliphatic heterocycles. The lowest BCUT2D eigenvalue weighted by molar-refractivity contribution is -0.127. The van der Waals surface area contributed by atoms with E-state index in [2.05, 4.69) is 10.2 Å². The van der Waals surface area contributed by atoms with Crippen molar-refractivity contribution in [1.82, 2.24) is 19.7 Å². The van der Waals surface area contributed by atoms with Gasteiger partial charge in [0.15, 0.2) is 11.0 Å². The molecule has 33 heavy (non-hydrogen) atoms. The molecule has 0 saturated heterocycles. The van der Waals surface area contributed by atoms with E-state index >= 15 is 0 Å². The first-order valence-electron chi connectivity index (χ1n) is 10.2. The number of thioether (sulfide) groups is 1. The van der Waals surface area contributed by atoms with Crippen LogP contribution in [0.4, 0.5) is 4.39 Å². The van der Waals surface area contributed by atoms with Gasteiger partial charge in [0, 0.05) is 19.2 Å². The van der Waals surface area contributed by atoms with Crippen molar-refractivity contribution in [3.05, 3.63) is 84.1 Å². The van der Waals surface area contributed by atoms with E-state index in [9.17, 15) is 9.18 Å². The summed E-state index contributed by atoms with van der Waals surface area (Å²) in [6, 6.07) is 17.4. The summed E-state index contributed by atoms with van der Waals surface area (Å²) in [6.07, 6.45) is 1.62. The highest BCUT2D eigenvalue weighted by Gasteiger charge is 2.18. The van der Waals surface area contributed by atoms with Crippen molar-refractivity contribution >= 4 is 17.7 Å². The number of furan rings is 1. The number of rotatable bonds is 9. The third-order valence-corrected chi connectivity index (χ3v) is 5.97. The number of ether oxygens (including phenoxy) is 1. The number of aromatic nitrogens is 3. The summed E-state index contributed by atoms with van der Waals surface area (Å²) in [5.41, 5.74) is 1.71. The Kier molecular flexibility index (Phi) is 7.09. The summed E-state index contributed by atoms with van der Waals surface area (Å²) in [7, 11) is 3.34. The Morgan fingerprint density at radius 1 is 1.15 bits per heavy atom. The second kappa shape index (κ2) is 10.4. The minimum Gasteiger partial charge on any atom is -0.497 e. The lowest BCUT2D eigenvalue weighted by Gasteiger charge is -2.17. The van der Waals surface area contributed by atoms with Crippen LogP contribution in [-0.4, -0.2) is 45.5 Å². The van der Waals surface area contributed by atoms with Crippen molar-refractivity contribution in [2.24, 2.45) is 0 Å². The summed E-state index contributed by atoms with van der Waals surface area (Å²) in [5.74, 6) is 1.93. The maximum absolute atomic E-state index is 13.1. The summed E-state index contributed by atoms with van der Waals surface area (Å²) >= 11 is 1.31. The highest BCUT2D eigenvalue weighted by atomic mass is 32.2. The van der Waals surface area contributed by atoms with Crippen LogP contribution in [0, 0.1) is 5.82 Å². The summed E-state index contributed by atoms with van der Waals surface area (Å²) in [5, 5.41) is 9.31. The lowest BCUT2D eigenvalue weighted by Crippen LogP contribution is -2.27. The van der Waals surface area contributed by atoms with Crippen LogP contribution in [0.5, 0.6) is 5.75 Å². The molecule has 4 rings (SSSR count). The SMILES string of the molecule is COc1cccc(-c2nnc(SCC(=O)N(C)Cc3ccc(F)cc3)n2Cc2ccco2)c1. The van der Waals surface area contributed by atoms with E-state index in [0.717, 1.165) is 16.9 Å². The van der Waals surface area contributed by atoms with E-state index in [4.69, 9.17) is 9.15 Å². The van der Waals surface area contributed by atoms with Gasteiger partial charge in [-0.1, -0.05) is 36.0 Å². The molecule has 0 unspecified atom stereocenters. The van der Waals surface area contributed by atoms with E-state index in [-0.39, 0.29) is 17.5 Å². The average Bonchev–Trinajstić information content (AvgIpc) is 3.49. The fourth-order valence-corrected chi connectivity index (χ4v) is 4.14. The summed E-state index contributed by atoms with van der Waals surface area (Å²) in [4.78, 5) is 14.3. The van der Waals surface area contributed by atoms with E-state index in [1.54, 1.807) is 37.5 Å². The van der Waals surface area contributed by atoms with Gasteiger partial charge < -0.3 is 14.1 Å². The molecule has 7 nitrogen and oxygen atoms in total. The molecule has 0 aliphatic carbocycles. The third-order valence-electron chi connectivity index (χ3n) is 5.02. The zero-order valence-corrected chi connectivity index (χ0v) is 19.1. The van der Waals surface area contributed by atoms with Gasteiger partial charge in [-0.15, -0.1) is 10.2 Å². The van der Waals surface area contributed by atoms with Gasteiger partial charge in [0.05, 0.1) is 25.7 Å². The molecule has 0 spiro atoms. The Morgan fingerprint density at radius 2 is 1.97 bits per heavy atom. The number of benzene rings is 2. The number of hydrogen-bond acceptors (Lipinski definition) is 6. The minimum atomic E-state index is -0.300. The number of hydrogen-bond donors (Lipinski definition) is 0. The number of halogens is 1. The molecule has 2 aromatic carbocycles. The molecule has 170 valence electrons. The van der Waals surface area contributed by atoms with Gasteiger partial charge in [-0.05, 0) is 42.0 Å². The zero-order chi connectivity index (χ0) is 23.2. The zero-order valence-electron chi connectivity index (χ0n) is 18.3. The van der Waals surface area contributed by atoms with Crippen LogP contribution in [0.2, 0.25) is 0 Å². The number of methoxy groups -OCH3 is 1. The molecule has 2 heterocycles. The van der Waals surface area contributed by atoms with Crippen molar-refractivity contribution in [3.63, 3.8) is 0 Å². The third kappa shape index (κ3) is 5.61. The van der Waals surface area contributed by atoms with Crippen molar-refractivity contribution in [1.29, 1.82) is 0 Å². The van der Waals surface area contributed by atoms with Crippen LogP contribution < -0.4 is 4.74 Å². The molecule has 0 fully saturated rings. The topological polar surface area (TPSA) is 73.4 Å². The van der Waals surface area contributed by atoms with E-state index in [1.807, 2.05) is 41.0 Å². The molecule has 0 saturated carbocycles. The largest absolute Gasteiger partial charge is 0.497 e. The first kappa shape index (κ1) is 22.6. The molecule has 0 N–H and O–H groups in total. The number of carbonyl (C=O) groups excluding carboxylic acids is 1. The Balaban J connectivity index is 1.51. The van der Waals surface area contributed by atoms with Crippen molar-refractivity contribution < 1.29 is 18.3 Å². The highest BCUT2D eigenvalue weighted by molar-refractivity contribution is 7.99. The second-order valence-electron chi connectivity index (χ2n) is 7.37. The monoisotopic (exact) mass is 466 g/mol. The smallest absolute Gasteiger partial charge is 0.233 e. The normalized spacial score (nSPS) is 10.9. The molecular formula is C24H23FN4O3S. The maximum atomic E-state index is 13.1. The molecule has 0 aliphatic rings. The molecule has 4 aromatic rings. The van der Waals surface area contributed by atoms with Crippen LogP contribution in [0.1, 0.15) is 11.3 Å². The second-order valence-corrected chi connectivity index (χ2v) is 8.31. The van der Waals surface area contributed by atoms with Gasteiger partial charge in [0.2, 0.25) is 5.91 Å². The predicted octanol–water partition coefficient (Wildman–Crippen LogP) is 4.48. The van der Waals surface area contributed by atoms with E-state index in [1.165, 1.54) is 23.9 Å². The standard InChI is InChI=1S/C24H23FN4O3S/c1-28(14-17-8-10-19(25)11-9-17)22(30)16-33-24-27-26-23(18-5-3-6-20(13-18)31-2)29(24)15-21-7-4-12-32-21/h3-13H,14-16H2,1-2H3. The Bertz CT molecular complexity index is 1210. The number of carbonyl (C=O) groups is 1. The van der Waals surface area contributed by atoms with Gasteiger partial charge in [-0.3, -0.25) is 9.36 Å². The predicted molar refractivity (Wildman–Crippen MR) is 123 cm³/mol. The van der Waals surface area contributed by atoms with Crippen molar-refractivity contribution in [2.45, 2.75) is 18.2 Å².